The van der Waals surface area contributed by atoms with Crippen LogP contribution in [0.5, 0.6) is 0 Å². The van der Waals surface area contributed by atoms with Gasteiger partial charge in [-0.05, 0) is 29.5 Å². The highest BCUT2D eigenvalue weighted by molar-refractivity contribution is 6.17. The Morgan fingerprint density at radius 3 is 2.35 bits per heavy atom. The first-order valence-corrected chi connectivity index (χ1v) is 7.50. The summed E-state index contributed by atoms with van der Waals surface area (Å²) in [5.74, 6) is 0.605. The van der Waals surface area contributed by atoms with Crippen LogP contribution in [0.1, 0.15) is 30.7 Å². The Labute approximate surface area is 125 Å². The molecule has 102 valence electrons. The van der Waals surface area contributed by atoms with E-state index in [2.05, 4.69) is 30.3 Å². The lowest BCUT2D eigenvalue weighted by Crippen LogP contribution is -1.99. The summed E-state index contributed by atoms with van der Waals surface area (Å²) in [6.45, 7) is 0. The van der Waals surface area contributed by atoms with Gasteiger partial charge in [-0.2, -0.15) is 5.26 Å². The predicted octanol–water partition coefficient (Wildman–Crippen LogP) is 5.37. The van der Waals surface area contributed by atoms with Gasteiger partial charge in [-0.1, -0.05) is 61.0 Å². The number of hydrogen-bond acceptors (Lipinski definition) is 1. The van der Waals surface area contributed by atoms with E-state index >= 15 is 0 Å². The monoisotopic (exact) mass is 283 g/mol. The van der Waals surface area contributed by atoms with Crippen molar-refractivity contribution in [1.29, 1.82) is 5.26 Å². The van der Waals surface area contributed by atoms with E-state index in [1.807, 2.05) is 30.3 Å². The maximum absolute atomic E-state index is 9.47. The summed E-state index contributed by atoms with van der Waals surface area (Å²) in [6.07, 6.45) is 2.82. The van der Waals surface area contributed by atoms with Gasteiger partial charge in [-0.25, -0.2) is 0 Å². The molecule has 0 aliphatic carbocycles. The molecule has 0 amide bonds. The molecule has 0 fully saturated rings. The quantitative estimate of drug-likeness (QED) is 0.516. The fraction of sp³-hybridized carbons (Fsp3) is 0.278. The van der Waals surface area contributed by atoms with Gasteiger partial charge in [0.1, 0.15) is 0 Å². The van der Waals surface area contributed by atoms with Crippen molar-refractivity contribution in [3.05, 3.63) is 60.2 Å². The molecule has 1 atom stereocenters. The van der Waals surface area contributed by atoms with Crippen LogP contribution in [0.2, 0.25) is 0 Å². The van der Waals surface area contributed by atoms with Crippen molar-refractivity contribution >= 4 is 11.6 Å². The fourth-order valence-corrected chi connectivity index (χ4v) is 2.60. The van der Waals surface area contributed by atoms with Crippen LogP contribution in [-0.4, -0.2) is 5.88 Å². The zero-order valence-corrected chi connectivity index (χ0v) is 12.2. The molecular formula is C18H18ClN. The minimum Gasteiger partial charge on any atom is -0.198 e. The summed E-state index contributed by atoms with van der Waals surface area (Å²) in [6, 6.07) is 20.9. The van der Waals surface area contributed by atoms with Gasteiger partial charge in [-0.3, -0.25) is 0 Å². The van der Waals surface area contributed by atoms with Crippen LogP contribution in [-0.2, 0) is 0 Å². The average Bonchev–Trinajstić information content (AvgIpc) is 2.53. The molecule has 20 heavy (non-hydrogen) atoms. The van der Waals surface area contributed by atoms with Crippen LogP contribution >= 0.6 is 11.6 Å². The molecule has 0 radical (unpaired) electrons. The van der Waals surface area contributed by atoms with E-state index in [1.165, 1.54) is 5.56 Å². The number of nitriles is 1. The third kappa shape index (κ3) is 3.62. The van der Waals surface area contributed by atoms with Gasteiger partial charge in [-0.15, -0.1) is 11.6 Å². The average molecular weight is 284 g/mol. The molecule has 2 rings (SSSR count). The Bertz CT molecular complexity index is 571. The summed E-state index contributed by atoms with van der Waals surface area (Å²) in [5, 5.41) is 9.47. The Morgan fingerprint density at radius 2 is 1.65 bits per heavy atom. The number of unbranched alkanes of at least 4 members (excludes halogenated alkanes) is 1. The third-order valence-corrected chi connectivity index (χ3v) is 3.72. The number of benzene rings is 2. The Morgan fingerprint density at radius 1 is 0.950 bits per heavy atom. The maximum atomic E-state index is 9.47. The van der Waals surface area contributed by atoms with Crippen molar-refractivity contribution in [2.45, 2.75) is 25.2 Å². The van der Waals surface area contributed by atoms with E-state index in [0.29, 0.717) is 5.88 Å². The first-order valence-electron chi connectivity index (χ1n) is 6.96. The lowest BCUT2D eigenvalue weighted by molar-refractivity contribution is 0.674. The number of alkyl halides is 1. The van der Waals surface area contributed by atoms with Crippen LogP contribution in [0.3, 0.4) is 0 Å². The molecule has 0 N–H and O–H groups in total. The predicted molar refractivity (Wildman–Crippen MR) is 84.8 cm³/mol. The van der Waals surface area contributed by atoms with Crippen LogP contribution in [0.4, 0.5) is 0 Å². The van der Waals surface area contributed by atoms with E-state index in [0.717, 1.165) is 30.4 Å². The van der Waals surface area contributed by atoms with E-state index in [4.69, 9.17) is 11.6 Å². The van der Waals surface area contributed by atoms with E-state index in [1.54, 1.807) is 0 Å². The first-order chi connectivity index (χ1) is 9.86. The molecule has 0 heterocycles. The molecule has 1 unspecified atom stereocenters. The SMILES string of the molecule is N#CC(CCCCCl)c1ccccc1-c1ccccc1. The van der Waals surface area contributed by atoms with E-state index in [-0.39, 0.29) is 5.92 Å². The Hall–Kier alpha value is -1.78. The second-order valence-electron chi connectivity index (χ2n) is 4.82. The van der Waals surface area contributed by atoms with Crippen LogP contribution in [0.25, 0.3) is 11.1 Å². The van der Waals surface area contributed by atoms with Crippen molar-refractivity contribution in [2.24, 2.45) is 0 Å². The highest BCUT2D eigenvalue weighted by Crippen LogP contribution is 2.31. The van der Waals surface area contributed by atoms with Crippen molar-refractivity contribution in [2.75, 3.05) is 5.88 Å². The highest BCUT2D eigenvalue weighted by atomic mass is 35.5. The lowest BCUT2D eigenvalue weighted by Gasteiger charge is -2.14. The Kier molecular flexibility index (Phi) is 5.65. The normalized spacial score (nSPS) is 11.8. The number of nitrogens with zero attached hydrogens (tertiary/aromatic N) is 1. The molecule has 0 aliphatic heterocycles. The molecule has 1 nitrogen and oxygen atoms in total. The molecule has 0 aromatic heterocycles. The van der Waals surface area contributed by atoms with Crippen molar-refractivity contribution < 1.29 is 0 Å². The standard InChI is InChI=1S/C18H18ClN/c19-13-7-6-10-16(14-20)18-12-5-4-11-17(18)15-8-2-1-3-9-15/h1-5,8-9,11-12,16H,6-7,10,13H2. The molecule has 0 bridgehead atoms. The minimum atomic E-state index is -0.0605. The fourth-order valence-electron chi connectivity index (χ4n) is 2.41. The Balaban J connectivity index is 2.29. The molecule has 0 spiro atoms. The summed E-state index contributed by atoms with van der Waals surface area (Å²) >= 11 is 5.72. The van der Waals surface area contributed by atoms with Crippen LogP contribution in [0, 0.1) is 11.3 Å². The summed E-state index contributed by atoms with van der Waals surface area (Å²) in [4.78, 5) is 0. The van der Waals surface area contributed by atoms with Crippen molar-refractivity contribution in [3.63, 3.8) is 0 Å². The van der Waals surface area contributed by atoms with Gasteiger partial charge in [0, 0.05) is 5.88 Å². The molecule has 0 saturated heterocycles. The number of halogens is 1. The number of hydrogen-bond donors (Lipinski definition) is 0. The second kappa shape index (κ2) is 7.72. The third-order valence-electron chi connectivity index (χ3n) is 3.45. The largest absolute Gasteiger partial charge is 0.198 e. The molecule has 0 aliphatic rings. The van der Waals surface area contributed by atoms with Crippen LogP contribution < -0.4 is 0 Å². The zero-order valence-electron chi connectivity index (χ0n) is 11.4. The van der Waals surface area contributed by atoms with Gasteiger partial charge in [0.25, 0.3) is 0 Å². The van der Waals surface area contributed by atoms with E-state index < -0.39 is 0 Å². The van der Waals surface area contributed by atoms with Crippen molar-refractivity contribution in [3.8, 4) is 17.2 Å². The van der Waals surface area contributed by atoms with Gasteiger partial charge in [0.2, 0.25) is 0 Å². The van der Waals surface area contributed by atoms with Gasteiger partial charge < -0.3 is 0 Å². The van der Waals surface area contributed by atoms with Crippen molar-refractivity contribution in [1.82, 2.24) is 0 Å². The smallest absolute Gasteiger partial charge is 0.0718 e. The molecular weight excluding hydrogens is 266 g/mol. The second-order valence-corrected chi connectivity index (χ2v) is 5.20. The lowest BCUT2D eigenvalue weighted by atomic mass is 9.88. The summed E-state index contributed by atoms with van der Waals surface area (Å²) in [5.41, 5.74) is 3.45. The topological polar surface area (TPSA) is 23.8 Å². The maximum Gasteiger partial charge on any atom is 0.0718 e. The molecule has 0 saturated carbocycles. The van der Waals surface area contributed by atoms with Crippen LogP contribution in [0.15, 0.2) is 54.6 Å². The zero-order chi connectivity index (χ0) is 14.2. The van der Waals surface area contributed by atoms with E-state index in [9.17, 15) is 5.26 Å². The first kappa shape index (κ1) is 14.6. The minimum absolute atomic E-state index is 0.0605. The number of rotatable bonds is 6. The molecule has 2 aromatic carbocycles. The molecule has 2 aromatic rings. The summed E-state index contributed by atoms with van der Waals surface area (Å²) in [7, 11) is 0. The van der Waals surface area contributed by atoms with Gasteiger partial charge >= 0.3 is 0 Å². The highest BCUT2D eigenvalue weighted by Gasteiger charge is 2.14. The van der Waals surface area contributed by atoms with Gasteiger partial charge in [0.05, 0.1) is 12.0 Å². The summed E-state index contributed by atoms with van der Waals surface area (Å²) < 4.78 is 0. The molecule has 2 heteroatoms. The van der Waals surface area contributed by atoms with Gasteiger partial charge in [0.15, 0.2) is 0 Å².